The SMILES string of the molecule is CCOC(=O)N1CCC(NC(=O)c2sc(COc3ccc(C)cc3)nc2C)CC1. The van der Waals surface area contributed by atoms with Gasteiger partial charge in [-0.3, -0.25) is 4.79 Å². The van der Waals surface area contributed by atoms with Crippen molar-refractivity contribution in [2.24, 2.45) is 0 Å². The van der Waals surface area contributed by atoms with Crippen LogP contribution in [0.2, 0.25) is 0 Å². The van der Waals surface area contributed by atoms with Crippen molar-refractivity contribution in [3.63, 3.8) is 0 Å². The zero-order valence-corrected chi connectivity index (χ0v) is 17.9. The molecule has 2 heterocycles. The number of thiazole rings is 1. The molecule has 2 amide bonds. The molecule has 0 spiro atoms. The van der Waals surface area contributed by atoms with E-state index in [0.717, 1.165) is 10.8 Å². The Hall–Kier alpha value is -2.61. The summed E-state index contributed by atoms with van der Waals surface area (Å²) >= 11 is 1.36. The lowest BCUT2D eigenvalue weighted by Crippen LogP contribution is -2.46. The van der Waals surface area contributed by atoms with Crippen LogP contribution in [0.1, 0.15) is 45.7 Å². The smallest absolute Gasteiger partial charge is 0.409 e. The van der Waals surface area contributed by atoms with E-state index >= 15 is 0 Å². The molecule has 29 heavy (non-hydrogen) atoms. The van der Waals surface area contributed by atoms with E-state index in [-0.39, 0.29) is 18.0 Å². The molecule has 1 fully saturated rings. The number of ether oxygens (including phenoxy) is 2. The first-order valence-electron chi connectivity index (χ1n) is 9.84. The Morgan fingerprint density at radius 2 is 1.90 bits per heavy atom. The van der Waals surface area contributed by atoms with E-state index in [0.29, 0.717) is 49.7 Å². The molecule has 0 bridgehead atoms. The Kier molecular flexibility index (Phi) is 7.09. The molecule has 0 aliphatic carbocycles. The van der Waals surface area contributed by atoms with Crippen molar-refractivity contribution in [2.75, 3.05) is 19.7 Å². The third-order valence-corrected chi connectivity index (χ3v) is 5.92. The lowest BCUT2D eigenvalue weighted by atomic mass is 10.1. The van der Waals surface area contributed by atoms with Crippen LogP contribution < -0.4 is 10.1 Å². The fraction of sp³-hybridized carbons (Fsp3) is 0.476. The maximum Gasteiger partial charge on any atom is 0.409 e. The number of aryl methyl sites for hydroxylation is 2. The van der Waals surface area contributed by atoms with Crippen molar-refractivity contribution >= 4 is 23.3 Å². The Morgan fingerprint density at radius 1 is 1.21 bits per heavy atom. The monoisotopic (exact) mass is 417 g/mol. The topological polar surface area (TPSA) is 80.8 Å². The Labute approximate surface area is 175 Å². The summed E-state index contributed by atoms with van der Waals surface area (Å²) in [5, 5.41) is 3.84. The second-order valence-electron chi connectivity index (χ2n) is 7.06. The van der Waals surface area contributed by atoms with E-state index in [1.807, 2.05) is 38.1 Å². The standard InChI is InChI=1S/C21H27N3O4S/c1-4-27-21(26)24-11-9-16(10-12-24)23-20(25)19-15(3)22-18(29-19)13-28-17-7-5-14(2)6-8-17/h5-8,16H,4,9-13H2,1-3H3,(H,23,25). The molecule has 1 aromatic carbocycles. The number of piperidine rings is 1. The fourth-order valence-corrected chi connectivity index (χ4v) is 4.06. The number of carbonyl (C=O) groups excluding carboxylic acids is 2. The number of rotatable bonds is 6. The molecule has 1 aliphatic heterocycles. The molecular weight excluding hydrogens is 390 g/mol. The van der Waals surface area contributed by atoms with Crippen molar-refractivity contribution in [3.05, 3.63) is 45.4 Å². The minimum absolute atomic E-state index is 0.0435. The van der Waals surface area contributed by atoms with Crippen molar-refractivity contribution in [1.29, 1.82) is 0 Å². The zero-order chi connectivity index (χ0) is 20.8. The van der Waals surface area contributed by atoms with Crippen LogP contribution in [0.25, 0.3) is 0 Å². The second kappa shape index (κ2) is 9.73. The number of aromatic nitrogens is 1. The van der Waals surface area contributed by atoms with Gasteiger partial charge in [0, 0.05) is 19.1 Å². The van der Waals surface area contributed by atoms with Gasteiger partial charge in [0.1, 0.15) is 22.2 Å². The summed E-state index contributed by atoms with van der Waals surface area (Å²) in [6, 6.07) is 7.88. The summed E-state index contributed by atoms with van der Waals surface area (Å²) in [6.07, 6.45) is 1.14. The largest absolute Gasteiger partial charge is 0.486 e. The minimum Gasteiger partial charge on any atom is -0.486 e. The lowest BCUT2D eigenvalue weighted by Gasteiger charge is -2.31. The quantitative estimate of drug-likeness (QED) is 0.775. The number of carbonyl (C=O) groups is 2. The number of likely N-dealkylation sites (tertiary alicyclic amines) is 1. The predicted octanol–water partition coefficient (Wildman–Crippen LogP) is 3.69. The van der Waals surface area contributed by atoms with Gasteiger partial charge < -0.3 is 19.7 Å². The number of hydrogen-bond acceptors (Lipinski definition) is 6. The molecular formula is C21H27N3O4S. The molecule has 1 N–H and O–H groups in total. The average Bonchev–Trinajstić information content (AvgIpc) is 3.09. The van der Waals surface area contributed by atoms with Gasteiger partial charge in [0.15, 0.2) is 0 Å². The van der Waals surface area contributed by atoms with Gasteiger partial charge in [-0.25, -0.2) is 9.78 Å². The summed E-state index contributed by atoms with van der Waals surface area (Å²) in [4.78, 5) is 31.2. The highest BCUT2D eigenvalue weighted by Crippen LogP contribution is 2.21. The van der Waals surface area contributed by atoms with Crippen LogP contribution in [0.5, 0.6) is 5.75 Å². The van der Waals surface area contributed by atoms with Crippen LogP contribution >= 0.6 is 11.3 Å². The first-order valence-corrected chi connectivity index (χ1v) is 10.7. The molecule has 0 unspecified atom stereocenters. The van der Waals surface area contributed by atoms with Gasteiger partial charge in [0.25, 0.3) is 5.91 Å². The normalized spacial score (nSPS) is 14.5. The first kappa shape index (κ1) is 21.1. The Balaban J connectivity index is 1.51. The zero-order valence-electron chi connectivity index (χ0n) is 17.1. The molecule has 7 nitrogen and oxygen atoms in total. The summed E-state index contributed by atoms with van der Waals surface area (Å²) in [5.41, 5.74) is 1.88. The third-order valence-electron chi connectivity index (χ3n) is 4.79. The van der Waals surface area contributed by atoms with Crippen LogP contribution in [-0.2, 0) is 11.3 Å². The maximum absolute atomic E-state index is 12.7. The third kappa shape index (κ3) is 5.69. The highest BCUT2D eigenvalue weighted by Gasteiger charge is 2.26. The highest BCUT2D eigenvalue weighted by molar-refractivity contribution is 7.13. The average molecular weight is 418 g/mol. The molecule has 1 aliphatic rings. The van der Waals surface area contributed by atoms with E-state index in [1.165, 1.54) is 16.9 Å². The summed E-state index contributed by atoms with van der Waals surface area (Å²) in [6.45, 7) is 7.53. The van der Waals surface area contributed by atoms with E-state index in [9.17, 15) is 9.59 Å². The second-order valence-corrected chi connectivity index (χ2v) is 8.14. The molecule has 3 rings (SSSR count). The van der Waals surface area contributed by atoms with Crippen molar-refractivity contribution in [1.82, 2.24) is 15.2 Å². The van der Waals surface area contributed by atoms with Gasteiger partial charge in [-0.2, -0.15) is 0 Å². The number of hydrogen-bond donors (Lipinski definition) is 1. The molecule has 0 radical (unpaired) electrons. The predicted molar refractivity (Wildman–Crippen MR) is 111 cm³/mol. The molecule has 0 saturated carbocycles. The molecule has 156 valence electrons. The molecule has 1 aromatic heterocycles. The van der Waals surface area contributed by atoms with Crippen LogP contribution in [-0.4, -0.2) is 47.6 Å². The van der Waals surface area contributed by atoms with E-state index in [4.69, 9.17) is 9.47 Å². The van der Waals surface area contributed by atoms with Crippen LogP contribution in [0.4, 0.5) is 4.79 Å². The molecule has 2 aromatic rings. The Bertz CT molecular complexity index is 842. The van der Waals surface area contributed by atoms with E-state index in [1.54, 1.807) is 11.8 Å². The van der Waals surface area contributed by atoms with Crippen molar-refractivity contribution in [2.45, 2.75) is 46.3 Å². The summed E-state index contributed by atoms with van der Waals surface area (Å²) in [7, 11) is 0. The minimum atomic E-state index is -0.284. The van der Waals surface area contributed by atoms with Crippen molar-refractivity contribution in [3.8, 4) is 5.75 Å². The highest BCUT2D eigenvalue weighted by atomic mass is 32.1. The fourth-order valence-electron chi connectivity index (χ4n) is 3.18. The summed E-state index contributed by atoms with van der Waals surface area (Å²) in [5.74, 6) is 0.666. The van der Waals surface area contributed by atoms with Crippen LogP contribution in [0.15, 0.2) is 24.3 Å². The molecule has 1 saturated heterocycles. The molecule has 8 heteroatoms. The number of nitrogens with one attached hydrogen (secondary N) is 1. The lowest BCUT2D eigenvalue weighted by molar-refractivity contribution is 0.0862. The van der Waals surface area contributed by atoms with Gasteiger partial charge in [-0.15, -0.1) is 11.3 Å². The van der Waals surface area contributed by atoms with Gasteiger partial charge in [0.2, 0.25) is 0 Å². The number of nitrogens with zero attached hydrogens (tertiary/aromatic N) is 2. The first-order chi connectivity index (χ1) is 14.0. The van der Waals surface area contributed by atoms with Crippen molar-refractivity contribution < 1.29 is 19.1 Å². The van der Waals surface area contributed by atoms with Gasteiger partial charge in [-0.1, -0.05) is 17.7 Å². The van der Waals surface area contributed by atoms with Gasteiger partial charge >= 0.3 is 6.09 Å². The van der Waals surface area contributed by atoms with Gasteiger partial charge in [-0.05, 0) is 45.7 Å². The van der Waals surface area contributed by atoms with E-state index < -0.39 is 0 Å². The number of benzene rings is 1. The summed E-state index contributed by atoms with van der Waals surface area (Å²) < 4.78 is 10.8. The maximum atomic E-state index is 12.7. The molecule has 0 atom stereocenters. The van der Waals surface area contributed by atoms with Crippen LogP contribution in [0.3, 0.4) is 0 Å². The van der Waals surface area contributed by atoms with Gasteiger partial charge in [0.05, 0.1) is 12.3 Å². The van der Waals surface area contributed by atoms with E-state index in [2.05, 4.69) is 10.3 Å². The Morgan fingerprint density at radius 3 is 2.55 bits per heavy atom. The number of amides is 2. The van der Waals surface area contributed by atoms with Crippen LogP contribution in [0, 0.1) is 13.8 Å².